The van der Waals surface area contributed by atoms with Gasteiger partial charge in [-0.05, 0) is 29.8 Å². The monoisotopic (exact) mass is 276 g/mol. The average Bonchev–Trinajstić information content (AvgIpc) is 2.08. The Hall–Kier alpha value is -0.620. The number of carbonyl (C=O) groups is 1. The zero-order chi connectivity index (χ0) is 10.7. The van der Waals surface area contributed by atoms with E-state index in [9.17, 15) is 4.79 Å². The van der Waals surface area contributed by atoms with Crippen LogP contribution in [0.1, 0.15) is 11.5 Å². The summed E-state index contributed by atoms with van der Waals surface area (Å²) < 4.78 is 0.773. The van der Waals surface area contributed by atoms with Crippen molar-refractivity contribution >= 4 is 33.7 Å². The second-order valence-electron chi connectivity index (χ2n) is 2.66. The largest absolute Gasteiger partial charge is 0.481 e. The number of carboxylic acid groups (broad SMARTS) is 1. The van der Waals surface area contributed by atoms with E-state index >= 15 is 0 Å². The molecule has 0 fully saturated rings. The number of aryl methyl sites for hydroxylation is 2. The molecule has 1 N–H and O–H groups in total. The van der Waals surface area contributed by atoms with Crippen LogP contribution in [0.5, 0.6) is 0 Å². The van der Waals surface area contributed by atoms with Gasteiger partial charge in [-0.3, -0.25) is 4.79 Å². The van der Waals surface area contributed by atoms with E-state index in [1.807, 2.05) is 6.92 Å². The number of nitrogens with zero attached hydrogens (tertiary/aromatic N) is 2. The molecule has 0 aliphatic heterocycles. The molecule has 0 amide bonds. The summed E-state index contributed by atoms with van der Waals surface area (Å²) in [5, 5.41) is 9.20. The molecule has 0 aromatic carbocycles. The molecule has 1 heterocycles. The second kappa shape index (κ2) is 4.75. The first-order chi connectivity index (χ1) is 6.50. The number of rotatable bonds is 3. The Kier molecular flexibility index (Phi) is 3.88. The van der Waals surface area contributed by atoms with Crippen LogP contribution in [0.4, 0.5) is 0 Å². The van der Waals surface area contributed by atoms with Crippen molar-refractivity contribution in [3.05, 3.63) is 16.0 Å². The van der Waals surface area contributed by atoms with Crippen LogP contribution >= 0.6 is 27.7 Å². The smallest absolute Gasteiger partial charge is 0.313 e. The fourth-order valence-electron chi connectivity index (χ4n) is 0.893. The van der Waals surface area contributed by atoms with Gasteiger partial charge in [0.2, 0.25) is 0 Å². The molecule has 0 aliphatic rings. The fraction of sp³-hybridized carbons (Fsp3) is 0.375. The van der Waals surface area contributed by atoms with Crippen LogP contribution in [-0.2, 0) is 4.79 Å². The molecule has 0 bridgehead atoms. The lowest BCUT2D eigenvalue weighted by molar-refractivity contribution is -0.133. The zero-order valence-electron chi connectivity index (χ0n) is 7.74. The van der Waals surface area contributed by atoms with Crippen molar-refractivity contribution in [2.75, 3.05) is 5.75 Å². The minimum Gasteiger partial charge on any atom is -0.481 e. The highest BCUT2D eigenvalue weighted by Gasteiger charge is 2.09. The molecule has 14 heavy (non-hydrogen) atoms. The molecule has 0 saturated carbocycles. The van der Waals surface area contributed by atoms with Gasteiger partial charge in [0.15, 0.2) is 0 Å². The van der Waals surface area contributed by atoms with Crippen LogP contribution in [0.3, 0.4) is 0 Å². The van der Waals surface area contributed by atoms with Crippen LogP contribution < -0.4 is 0 Å². The lowest BCUT2D eigenvalue weighted by Crippen LogP contribution is -2.01. The molecule has 6 heteroatoms. The van der Waals surface area contributed by atoms with E-state index in [0.29, 0.717) is 10.9 Å². The molecular formula is C8H9BrN2O2S. The van der Waals surface area contributed by atoms with Gasteiger partial charge in [0, 0.05) is 0 Å². The van der Waals surface area contributed by atoms with E-state index in [1.54, 1.807) is 6.92 Å². The normalized spacial score (nSPS) is 10.2. The number of hydrogen-bond acceptors (Lipinski definition) is 4. The van der Waals surface area contributed by atoms with E-state index < -0.39 is 5.97 Å². The summed E-state index contributed by atoms with van der Waals surface area (Å²) in [5.74, 6) is -0.191. The van der Waals surface area contributed by atoms with Crippen molar-refractivity contribution < 1.29 is 9.90 Å². The number of aromatic nitrogens is 2. The summed E-state index contributed by atoms with van der Waals surface area (Å²) in [5.41, 5.74) is 0.824. The first-order valence-corrected chi connectivity index (χ1v) is 5.64. The predicted molar refractivity (Wildman–Crippen MR) is 57.6 cm³/mol. The minimum absolute atomic E-state index is 0.00843. The van der Waals surface area contributed by atoms with Crippen molar-refractivity contribution in [1.82, 2.24) is 9.97 Å². The summed E-state index contributed by atoms with van der Waals surface area (Å²) in [6, 6.07) is 0. The topological polar surface area (TPSA) is 63.1 Å². The van der Waals surface area contributed by atoms with Gasteiger partial charge in [0.25, 0.3) is 0 Å². The Morgan fingerprint density at radius 1 is 1.50 bits per heavy atom. The first kappa shape index (κ1) is 11.5. The van der Waals surface area contributed by atoms with Gasteiger partial charge in [0.05, 0.1) is 15.9 Å². The summed E-state index contributed by atoms with van der Waals surface area (Å²) >= 11 is 4.51. The Labute approximate surface area is 94.3 Å². The molecule has 1 rings (SSSR count). The minimum atomic E-state index is -0.851. The number of hydrogen-bond donors (Lipinski definition) is 1. The van der Waals surface area contributed by atoms with Gasteiger partial charge in [-0.1, -0.05) is 11.8 Å². The number of thioether (sulfide) groups is 1. The molecule has 0 saturated heterocycles. The average molecular weight is 277 g/mol. The number of carboxylic acids is 1. The third-order valence-electron chi connectivity index (χ3n) is 1.43. The van der Waals surface area contributed by atoms with E-state index in [2.05, 4.69) is 25.9 Å². The highest BCUT2D eigenvalue weighted by Crippen LogP contribution is 2.27. The molecule has 0 atom stereocenters. The molecule has 4 nitrogen and oxygen atoms in total. The number of halogens is 1. The Morgan fingerprint density at radius 2 is 2.14 bits per heavy atom. The zero-order valence-corrected chi connectivity index (χ0v) is 10.1. The van der Waals surface area contributed by atoms with Crippen LogP contribution in [0.25, 0.3) is 0 Å². The fourth-order valence-corrected chi connectivity index (χ4v) is 2.15. The highest BCUT2D eigenvalue weighted by atomic mass is 79.9. The van der Waals surface area contributed by atoms with Crippen LogP contribution in [0, 0.1) is 13.8 Å². The van der Waals surface area contributed by atoms with Crippen molar-refractivity contribution in [2.45, 2.75) is 18.9 Å². The lowest BCUT2D eigenvalue weighted by Gasteiger charge is -2.04. The quantitative estimate of drug-likeness (QED) is 0.676. The predicted octanol–water partition coefficient (Wildman–Crippen LogP) is 2.03. The maximum Gasteiger partial charge on any atom is 0.313 e. The Morgan fingerprint density at radius 3 is 2.71 bits per heavy atom. The first-order valence-electron chi connectivity index (χ1n) is 3.86. The molecular weight excluding hydrogens is 268 g/mol. The molecule has 0 unspecified atom stereocenters. The van der Waals surface area contributed by atoms with Gasteiger partial charge in [-0.15, -0.1) is 0 Å². The van der Waals surface area contributed by atoms with Crippen LogP contribution in [0.15, 0.2) is 9.50 Å². The molecule has 0 spiro atoms. The van der Waals surface area contributed by atoms with Gasteiger partial charge >= 0.3 is 5.97 Å². The lowest BCUT2D eigenvalue weighted by atomic mass is 10.4. The Bertz CT molecular complexity index is 371. The standard InChI is InChI=1S/C8H9BrN2O2S/c1-4-7(9)8(11-5(2)10-4)14-3-6(12)13/h3H2,1-2H3,(H,12,13). The van der Waals surface area contributed by atoms with Crippen molar-refractivity contribution in [3.63, 3.8) is 0 Å². The second-order valence-corrected chi connectivity index (χ2v) is 4.41. The molecule has 0 radical (unpaired) electrons. The summed E-state index contributed by atoms with van der Waals surface area (Å²) in [4.78, 5) is 18.7. The Balaban J connectivity index is 2.90. The maximum absolute atomic E-state index is 10.4. The van der Waals surface area contributed by atoms with Gasteiger partial charge in [0.1, 0.15) is 10.9 Å². The third-order valence-corrected chi connectivity index (χ3v) is 3.60. The van der Waals surface area contributed by atoms with E-state index in [-0.39, 0.29) is 5.75 Å². The van der Waals surface area contributed by atoms with Gasteiger partial charge in [-0.25, -0.2) is 9.97 Å². The molecule has 1 aromatic heterocycles. The van der Waals surface area contributed by atoms with Gasteiger partial charge < -0.3 is 5.11 Å². The SMILES string of the molecule is Cc1nc(C)c(Br)c(SCC(=O)O)n1. The van der Waals surface area contributed by atoms with Crippen LogP contribution in [-0.4, -0.2) is 26.8 Å². The van der Waals surface area contributed by atoms with Crippen molar-refractivity contribution in [3.8, 4) is 0 Å². The van der Waals surface area contributed by atoms with E-state index in [1.165, 1.54) is 11.8 Å². The highest BCUT2D eigenvalue weighted by molar-refractivity contribution is 9.10. The van der Waals surface area contributed by atoms with Crippen molar-refractivity contribution in [2.24, 2.45) is 0 Å². The third kappa shape index (κ3) is 2.95. The molecule has 76 valence electrons. The van der Waals surface area contributed by atoms with E-state index in [0.717, 1.165) is 10.2 Å². The summed E-state index contributed by atoms with van der Waals surface area (Å²) in [6.45, 7) is 3.63. The van der Waals surface area contributed by atoms with Crippen LogP contribution in [0.2, 0.25) is 0 Å². The molecule has 0 aliphatic carbocycles. The summed E-state index contributed by atoms with van der Waals surface area (Å²) in [6.07, 6.45) is 0. The summed E-state index contributed by atoms with van der Waals surface area (Å²) in [7, 11) is 0. The van der Waals surface area contributed by atoms with Gasteiger partial charge in [-0.2, -0.15) is 0 Å². The maximum atomic E-state index is 10.4. The van der Waals surface area contributed by atoms with Crippen molar-refractivity contribution in [1.29, 1.82) is 0 Å². The number of aliphatic carboxylic acids is 1. The molecule has 1 aromatic rings. The van der Waals surface area contributed by atoms with E-state index in [4.69, 9.17) is 5.11 Å².